The molecule has 0 amide bonds. The molecule has 1 N–H and O–H groups in total. The van der Waals surface area contributed by atoms with E-state index in [0.29, 0.717) is 12.1 Å². The molecule has 0 fully saturated rings. The number of thioether (sulfide) groups is 1. The molecule has 1 atom stereocenters. The van der Waals surface area contributed by atoms with E-state index in [2.05, 4.69) is 69.4 Å². The van der Waals surface area contributed by atoms with Crippen LogP contribution in [0.4, 0.5) is 5.69 Å². The van der Waals surface area contributed by atoms with Crippen LogP contribution in [0.1, 0.15) is 31.9 Å². The molecular weight excluding hydrogens is 252 g/mol. The van der Waals surface area contributed by atoms with Crippen LogP contribution in [0.25, 0.3) is 0 Å². The molecule has 0 spiro atoms. The van der Waals surface area contributed by atoms with Crippen LogP contribution >= 0.6 is 11.8 Å². The van der Waals surface area contributed by atoms with E-state index in [4.69, 9.17) is 0 Å². The first-order valence-corrected chi connectivity index (χ1v) is 8.39. The Hall–Kier alpha value is -0.670. The highest BCUT2D eigenvalue weighted by molar-refractivity contribution is 7.98. The smallest absolute Gasteiger partial charge is 0.0412 e. The second kappa shape index (κ2) is 7.81. The van der Waals surface area contributed by atoms with Crippen LogP contribution in [-0.4, -0.2) is 31.1 Å². The maximum atomic E-state index is 3.52. The van der Waals surface area contributed by atoms with Crippen molar-refractivity contribution in [2.45, 2.75) is 46.3 Å². The van der Waals surface area contributed by atoms with Crippen LogP contribution in [0.2, 0.25) is 0 Å². The Morgan fingerprint density at radius 3 is 2.53 bits per heavy atom. The minimum atomic E-state index is 0.516. The van der Waals surface area contributed by atoms with E-state index in [-0.39, 0.29) is 0 Å². The van der Waals surface area contributed by atoms with Crippen molar-refractivity contribution in [3.05, 3.63) is 29.3 Å². The molecule has 0 aliphatic carbocycles. The third-order valence-electron chi connectivity index (χ3n) is 3.38. The molecule has 0 saturated carbocycles. The number of rotatable bonds is 7. The average molecular weight is 280 g/mol. The van der Waals surface area contributed by atoms with Crippen LogP contribution in [-0.2, 0) is 6.54 Å². The standard InChI is InChI=1S/C16H28N2S/c1-12(2)17-10-15-9-13(3)7-8-16(15)18(5)14(4)11-19-6/h7-9,12,14,17H,10-11H2,1-6H3. The molecule has 19 heavy (non-hydrogen) atoms. The Morgan fingerprint density at radius 2 is 1.95 bits per heavy atom. The monoisotopic (exact) mass is 280 g/mol. The summed E-state index contributed by atoms with van der Waals surface area (Å²) in [6.45, 7) is 9.76. The van der Waals surface area contributed by atoms with Crippen molar-refractivity contribution in [3.8, 4) is 0 Å². The van der Waals surface area contributed by atoms with Gasteiger partial charge in [-0.15, -0.1) is 0 Å². The van der Waals surface area contributed by atoms with Gasteiger partial charge >= 0.3 is 0 Å². The fourth-order valence-electron chi connectivity index (χ4n) is 2.10. The summed E-state index contributed by atoms with van der Waals surface area (Å²) in [4.78, 5) is 2.40. The van der Waals surface area contributed by atoms with Gasteiger partial charge in [-0.25, -0.2) is 0 Å². The van der Waals surface area contributed by atoms with Crippen LogP contribution in [0, 0.1) is 6.92 Å². The fourth-order valence-corrected chi connectivity index (χ4v) is 2.81. The Balaban J connectivity index is 2.91. The zero-order valence-electron chi connectivity index (χ0n) is 13.2. The fraction of sp³-hybridized carbons (Fsp3) is 0.625. The molecule has 1 rings (SSSR count). The van der Waals surface area contributed by atoms with Crippen molar-refractivity contribution < 1.29 is 0 Å². The molecule has 2 nitrogen and oxygen atoms in total. The van der Waals surface area contributed by atoms with E-state index in [1.165, 1.54) is 16.8 Å². The van der Waals surface area contributed by atoms with Crippen LogP contribution in [0.15, 0.2) is 18.2 Å². The zero-order chi connectivity index (χ0) is 14.4. The van der Waals surface area contributed by atoms with E-state index >= 15 is 0 Å². The van der Waals surface area contributed by atoms with E-state index in [1.807, 2.05) is 11.8 Å². The van der Waals surface area contributed by atoms with Gasteiger partial charge in [0.25, 0.3) is 0 Å². The molecule has 0 bridgehead atoms. The lowest BCUT2D eigenvalue weighted by atomic mass is 10.1. The van der Waals surface area contributed by atoms with Crippen LogP contribution in [0.3, 0.4) is 0 Å². The molecule has 1 aromatic carbocycles. The Bertz CT molecular complexity index is 390. The summed E-state index contributed by atoms with van der Waals surface area (Å²) in [6, 6.07) is 7.82. The summed E-state index contributed by atoms with van der Waals surface area (Å²) < 4.78 is 0. The van der Waals surface area contributed by atoms with Crippen LogP contribution < -0.4 is 10.2 Å². The van der Waals surface area contributed by atoms with Gasteiger partial charge in [0.15, 0.2) is 0 Å². The molecule has 0 aliphatic rings. The number of benzene rings is 1. The molecule has 0 aliphatic heterocycles. The number of nitrogens with zero attached hydrogens (tertiary/aromatic N) is 1. The van der Waals surface area contributed by atoms with Gasteiger partial charge in [0.1, 0.15) is 0 Å². The topological polar surface area (TPSA) is 15.3 Å². The minimum absolute atomic E-state index is 0.516. The number of hydrogen-bond acceptors (Lipinski definition) is 3. The molecule has 0 radical (unpaired) electrons. The lowest BCUT2D eigenvalue weighted by Crippen LogP contribution is -2.32. The highest BCUT2D eigenvalue weighted by Gasteiger charge is 2.13. The van der Waals surface area contributed by atoms with Crippen molar-refractivity contribution in [3.63, 3.8) is 0 Å². The zero-order valence-corrected chi connectivity index (χ0v) is 14.0. The lowest BCUT2D eigenvalue weighted by Gasteiger charge is -2.29. The molecule has 1 aromatic rings. The van der Waals surface area contributed by atoms with Crippen molar-refractivity contribution >= 4 is 17.4 Å². The second-order valence-corrected chi connectivity index (χ2v) is 6.49. The van der Waals surface area contributed by atoms with E-state index in [1.54, 1.807) is 0 Å². The van der Waals surface area contributed by atoms with Gasteiger partial charge in [0.2, 0.25) is 0 Å². The summed E-state index contributed by atoms with van der Waals surface area (Å²) in [5.41, 5.74) is 4.07. The number of hydrogen-bond donors (Lipinski definition) is 1. The first-order valence-electron chi connectivity index (χ1n) is 7.00. The van der Waals surface area contributed by atoms with E-state index in [0.717, 1.165) is 12.3 Å². The molecular formula is C16H28N2S. The minimum Gasteiger partial charge on any atom is -0.371 e. The van der Waals surface area contributed by atoms with Crippen molar-refractivity contribution in [2.24, 2.45) is 0 Å². The summed E-state index contributed by atoms with van der Waals surface area (Å²) in [5.74, 6) is 1.15. The molecule has 0 heterocycles. The van der Waals surface area contributed by atoms with Crippen molar-refractivity contribution in [1.82, 2.24) is 5.32 Å². The van der Waals surface area contributed by atoms with Crippen molar-refractivity contribution in [2.75, 3.05) is 24.0 Å². The Morgan fingerprint density at radius 1 is 1.26 bits per heavy atom. The first-order chi connectivity index (χ1) is 8.95. The maximum absolute atomic E-state index is 3.52. The predicted molar refractivity (Wildman–Crippen MR) is 89.4 cm³/mol. The van der Waals surface area contributed by atoms with E-state index < -0.39 is 0 Å². The van der Waals surface area contributed by atoms with Crippen LogP contribution in [0.5, 0.6) is 0 Å². The Labute approximate surface area is 123 Å². The maximum Gasteiger partial charge on any atom is 0.0412 e. The van der Waals surface area contributed by atoms with Gasteiger partial charge in [0.05, 0.1) is 0 Å². The summed E-state index contributed by atoms with van der Waals surface area (Å²) in [5, 5.41) is 3.52. The third kappa shape index (κ3) is 5.07. The molecule has 3 heteroatoms. The normalized spacial score (nSPS) is 12.8. The summed E-state index contributed by atoms with van der Waals surface area (Å²) in [6.07, 6.45) is 2.17. The SMILES string of the molecule is CSCC(C)N(C)c1ccc(C)cc1CNC(C)C. The molecule has 0 aromatic heterocycles. The molecule has 108 valence electrons. The molecule has 1 unspecified atom stereocenters. The summed E-state index contributed by atoms with van der Waals surface area (Å²) >= 11 is 1.90. The van der Waals surface area contributed by atoms with Gasteiger partial charge in [-0.3, -0.25) is 0 Å². The average Bonchev–Trinajstić information content (AvgIpc) is 2.36. The van der Waals surface area contributed by atoms with Gasteiger partial charge in [0, 0.05) is 37.1 Å². The molecule has 0 saturated heterocycles. The van der Waals surface area contributed by atoms with Gasteiger partial charge in [-0.05, 0) is 31.7 Å². The lowest BCUT2D eigenvalue weighted by molar-refractivity contribution is 0.587. The number of nitrogens with one attached hydrogen (secondary N) is 1. The van der Waals surface area contributed by atoms with Gasteiger partial charge in [-0.2, -0.15) is 11.8 Å². The van der Waals surface area contributed by atoms with Gasteiger partial charge in [-0.1, -0.05) is 31.5 Å². The number of aryl methyl sites for hydroxylation is 1. The first kappa shape index (κ1) is 16.4. The third-order valence-corrected chi connectivity index (χ3v) is 4.20. The largest absolute Gasteiger partial charge is 0.371 e. The quantitative estimate of drug-likeness (QED) is 0.820. The predicted octanol–water partition coefficient (Wildman–Crippen LogP) is 3.68. The number of anilines is 1. The Kier molecular flexibility index (Phi) is 6.73. The van der Waals surface area contributed by atoms with Crippen molar-refractivity contribution in [1.29, 1.82) is 0 Å². The highest BCUT2D eigenvalue weighted by Crippen LogP contribution is 2.23. The second-order valence-electron chi connectivity index (χ2n) is 5.58. The van der Waals surface area contributed by atoms with E-state index in [9.17, 15) is 0 Å². The van der Waals surface area contributed by atoms with Gasteiger partial charge < -0.3 is 10.2 Å². The summed E-state index contributed by atoms with van der Waals surface area (Å²) in [7, 11) is 2.20. The highest BCUT2D eigenvalue weighted by atomic mass is 32.2.